The summed E-state index contributed by atoms with van der Waals surface area (Å²) in [6, 6.07) is 0.764. The maximum absolute atomic E-state index is 5.95. The quantitative estimate of drug-likeness (QED) is 0.354. The number of hydrogen-bond donors (Lipinski definition) is 0. The molecule has 0 aliphatic heterocycles. The van der Waals surface area contributed by atoms with Gasteiger partial charge in [0.2, 0.25) is 0 Å². The number of hydrogen-bond acceptors (Lipinski definition) is 0. The highest BCUT2D eigenvalue weighted by atomic mass is 79.9. The van der Waals surface area contributed by atoms with E-state index >= 15 is 0 Å². The van der Waals surface area contributed by atoms with E-state index < -0.39 is 0 Å². The SMILES string of the molecule is CCCC[N+](C)(CCl)CCCC.[Br-]. The van der Waals surface area contributed by atoms with E-state index in [1.54, 1.807) is 0 Å². The van der Waals surface area contributed by atoms with Crippen molar-refractivity contribution in [1.29, 1.82) is 0 Å². The smallest absolute Gasteiger partial charge is 0.154 e. The van der Waals surface area contributed by atoms with E-state index in [4.69, 9.17) is 11.6 Å². The summed E-state index contributed by atoms with van der Waals surface area (Å²) in [5, 5.41) is 0. The molecule has 0 saturated carbocycles. The molecule has 0 aliphatic rings. The van der Waals surface area contributed by atoms with Crippen LogP contribution in [-0.2, 0) is 0 Å². The first kappa shape index (κ1) is 16.2. The fourth-order valence-corrected chi connectivity index (χ4v) is 1.55. The summed E-state index contributed by atoms with van der Waals surface area (Å²) in [6.07, 6.45) is 5.15. The summed E-state index contributed by atoms with van der Waals surface area (Å²) in [7, 11) is 2.26. The fraction of sp³-hybridized carbons (Fsp3) is 1.00. The highest BCUT2D eigenvalue weighted by molar-refractivity contribution is 6.16. The molecular formula is C10H23BrClN. The number of rotatable bonds is 7. The van der Waals surface area contributed by atoms with Crippen LogP contribution in [0.1, 0.15) is 39.5 Å². The molecule has 13 heavy (non-hydrogen) atoms. The lowest BCUT2D eigenvalue weighted by Crippen LogP contribution is -3.00. The van der Waals surface area contributed by atoms with Crippen LogP contribution in [0.3, 0.4) is 0 Å². The Morgan fingerprint density at radius 2 is 1.38 bits per heavy atom. The Labute approximate surface area is 98.8 Å². The molecule has 0 aromatic rings. The first-order valence-electron chi connectivity index (χ1n) is 5.08. The van der Waals surface area contributed by atoms with Crippen molar-refractivity contribution in [2.75, 3.05) is 26.1 Å². The van der Waals surface area contributed by atoms with Crippen molar-refractivity contribution in [3.8, 4) is 0 Å². The molecule has 0 aromatic heterocycles. The molecule has 0 amide bonds. The van der Waals surface area contributed by atoms with Gasteiger partial charge >= 0.3 is 0 Å². The lowest BCUT2D eigenvalue weighted by molar-refractivity contribution is -0.899. The van der Waals surface area contributed by atoms with Gasteiger partial charge in [0.15, 0.2) is 6.00 Å². The van der Waals surface area contributed by atoms with Crippen molar-refractivity contribution in [3.63, 3.8) is 0 Å². The minimum Gasteiger partial charge on any atom is -1.00 e. The first-order valence-corrected chi connectivity index (χ1v) is 5.61. The van der Waals surface area contributed by atoms with Crippen LogP contribution in [0.4, 0.5) is 0 Å². The van der Waals surface area contributed by atoms with Crippen molar-refractivity contribution in [1.82, 2.24) is 0 Å². The van der Waals surface area contributed by atoms with Crippen LogP contribution in [0.5, 0.6) is 0 Å². The average Bonchev–Trinajstić information content (AvgIpc) is 2.11. The molecule has 0 aliphatic carbocycles. The van der Waals surface area contributed by atoms with Gasteiger partial charge in [-0.3, -0.25) is 0 Å². The zero-order valence-corrected chi connectivity index (χ0v) is 11.5. The van der Waals surface area contributed by atoms with Crippen molar-refractivity contribution in [3.05, 3.63) is 0 Å². The Kier molecular flexibility index (Phi) is 11.6. The standard InChI is InChI=1S/C10H23ClN.BrH/c1-4-6-8-12(3,10-11)9-7-5-2;/h4-10H2,1-3H3;1H/q+1;/p-1. The Morgan fingerprint density at radius 3 is 1.62 bits per heavy atom. The third-order valence-corrected chi connectivity index (χ3v) is 2.97. The number of halogens is 2. The lowest BCUT2D eigenvalue weighted by Gasteiger charge is -2.32. The van der Waals surface area contributed by atoms with Crippen molar-refractivity contribution in [2.24, 2.45) is 0 Å². The van der Waals surface area contributed by atoms with E-state index in [1.807, 2.05) is 0 Å². The largest absolute Gasteiger partial charge is 1.00 e. The summed E-state index contributed by atoms with van der Waals surface area (Å²) >= 11 is 5.95. The molecule has 0 bridgehead atoms. The predicted molar refractivity (Wildman–Crippen MR) is 56.5 cm³/mol. The van der Waals surface area contributed by atoms with Gasteiger partial charge < -0.3 is 21.5 Å². The number of quaternary nitrogens is 1. The van der Waals surface area contributed by atoms with Gasteiger partial charge in [-0.1, -0.05) is 38.3 Å². The van der Waals surface area contributed by atoms with Gasteiger partial charge in [-0.15, -0.1) is 0 Å². The summed E-state index contributed by atoms with van der Waals surface area (Å²) in [4.78, 5) is 0. The van der Waals surface area contributed by atoms with Crippen LogP contribution >= 0.6 is 11.6 Å². The summed E-state index contributed by atoms with van der Waals surface area (Å²) < 4.78 is 1.04. The zero-order chi connectivity index (χ0) is 9.45. The predicted octanol–water partition coefficient (Wildman–Crippen LogP) is 0.234. The second kappa shape index (κ2) is 9.29. The molecular weight excluding hydrogens is 249 g/mol. The number of unbranched alkanes of at least 4 members (excludes halogenated alkanes) is 2. The van der Waals surface area contributed by atoms with Crippen molar-refractivity contribution >= 4 is 11.6 Å². The number of alkyl halides is 1. The molecule has 0 aromatic carbocycles. The Balaban J connectivity index is 0. The molecule has 0 atom stereocenters. The average molecular weight is 273 g/mol. The minimum atomic E-state index is 0. The molecule has 0 spiro atoms. The lowest BCUT2D eigenvalue weighted by atomic mass is 10.2. The molecule has 0 saturated heterocycles. The first-order chi connectivity index (χ1) is 5.68. The second-order valence-corrected chi connectivity index (χ2v) is 4.13. The molecule has 0 unspecified atom stereocenters. The van der Waals surface area contributed by atoms with Gasteiger partial charge in [0.05, 0.1) is 20.1 Å². The van der Waals surface area contributed by atoms with E-state index in [2.05, 4.69) is 20.9 Å². The Bertz CT molecular complexity index is 101. The Morgan fingerprint density at radius 1 is 1.00 bits per heavy atom. The molecule has 0 fully saturated rings. The van der Waals surface area contributed by atoms with Gasteiger partial charge in [-0.2, -0.15) is 0 Å². The van der Waals surface area contributed by atoms with E-state index in [9.17, 15) is 0 Å². The van der Waals surface area contributed by atoms with Gasteiger partial charge in [-0.05, 0) is 12.8 Å². The van der Waals surface area contributed by atoms with Gasteiger partial charge in [0.25, 0.3) is 0 Å². The molecule has 0 radical (unpaired) electrons. The van der Waals surface area contributed by atoms with Crippen molar-refractivity contribution in [2.45, 2.75) is 39.5 Å². The number of nitrogens with zero attached hydrogens (tertiary/aromatic N) is 1. The van der Waals surface area contributed by atoms with Crippen LogP contribution in [0.25, 0.3) is 0 Å². The molecule has 0 heterocycles. The summed E-state index contributed by atoms with van der Waals surface area (Å²) in [6.45, 7) is 6.94. The van der Waals surface area contributed by atoms with Crippen LogP contribution in [0.2, 0.25) is 0 Å². The highest BCUT2D eigenvalue weighted by Gasteiger charge is 2.17. The highest BCUT2D eigenvalue weighted by Crippen LogP contribution is 2.09. The van der Waals surface area contributed by atoms with E-state index in [0.717, 1.165) is 10.5 Å². The van der Waals surface area contributed by atoms with Crippen LogP contribution < -0.4 is 17.0 Å². The Hall–Kier alpha value is 0.730. The van der Waals surface area contributed by atoms with Crippen LogP contribution in [0.15, 0.2) is 0 Å². The minimum absolute atomic E-state index is 0. The van der Waals surface area contributed by atoms with Crippen LogP contribution in [-0.4, -0.2) is 30.6 Å². The third kappa shape index (κ3) is 7.77. The molecule has 82 valence electrons. The van der Waals surface area contributed by atoms with E-state index in [0.29, 0.717) is 0 Å². The second-order valence-electron chi connectivity index (χ2n) is 3.89. The molecule has 0 rings (SSSR count). The third-order valence-electron chi connectivity index (χ3n) is 2.39. The molecule has 3 heteroatoms. The van der Waals surface area contributed by atoms with Gasteiger partial charge in [0.1, 0.15) is 0 Å². The van der Waals surface area contributed by atoms with Gasteiger partial charge in [-0.25, -0.2) is 0 Å². The monoisotopic (exact) mass is 271 g/mol. The van der Waals surface area contributed by atoms with Crippen molar-refractivity contribution < 1.29 is 21.5 Å². The maximum atomic E-state index is 5.95. The summed E-state index contributed by atoms with van der Waals surface area (Å²) in [5.41, 5.74) is 0. The van der Waals surface area contributed by atoms with E-state index in [1.165, 1.54) is 38.8 Å². The van der Waals surface area contributed by atoms with Gasteiger partial charge in [0, 0.05) is 0 Å². The van der Waals surface area contributed by atoms with E-state index in [-0.39, 0.29) is 17.0 Å². The molecule has 0 N–H and O–H groups in total. The normalized spacial score (nSPS) is 11.1. The zero-order valence-electron chi connectivity index (χ0n) is 9.15. The fourth-order valence-electron chi connectivity index (χ4n) is 1.31. The van der Waals surface area contributed by atoms with Crippen LogP contribution in [0, 0.1) is 0 Å². The topological polar surface area (TPSA) is 0 Å². The molecule has 1 nitrogen and oxygen atoms in total. The maximum Gasteiger partial charge on any atom is 0.154 e. The summed E-state index contributed by atoms with van der Waals surface area (Å²) in [5.74, 6) is 0.